The molecule has 9 nitrogen and oxygen atoms in total. The van der Waals surface area contributed by atoms with Gasteiger partial charge in [-0.1, -0.05) is 23.2 Å². The number of amides is 1. The van der Waals surface area contributed by atoms with E-state index < -0.39 is 6.10 Å². The van der Waals surface area contributed by atoms with Crippen molar-refractivity contribution in [3.05, 3.63) is 58.0 Å². The zero-order chi connectivity index (χ0) is 27.3. The van der Waals surface area contributed by atoms with E-state index in [-0.39, 0.29) is 11.9 Å². The van der Waals surface area contributed by atoms with Gasteiger partial charge in [0.1, 0.15) is 17.6 Å². The van der Waals surface area contributed by atoms with Crippen molar-refractivity contribution in [2.45, 2.75) is 38.8 Å². The Balaban J connectivity index is 1.28. The smallest absolute Gasteiger partial charge is 0.223 e. The molecule has 202 valence electrons. The van der Waals surface area contributed by atoms with Crippen LogP contribution in [0.1, 0.15) is 37.1 Å². The van der Waals surface area contributed by atoms with E-state index in [1.165, 1.54) is 0 Å². The Morgan fingerprint density at radius 1 is 1.13 bits per heavy atom. The molecule has 1 amide bonds. The average molecular weight is 567 g/mol. The summed E-state index contributed by atoms with van der Waals surface area (Å²) in [4.78, 5) is 25.2. The van der Waals surface area contributed by atoms with E-state index in [0.29, 0.717) is 39.2 Å². The molecule has 0 radical (unpaired) electrons. The van der Waals surface area contributed by atoms with Crippen LogP contribution in [0.3, 0.4) is 0 Å². The molecule has 2 aliphatic heterocycles. The number of piperazine rings is 1. The molecule has 1 unspecified atom stereocenters. The quantitative estimate of drug-likeness (QED) is 0.324. The van der Waals surface area contributed by atoms with Crippen molar-refractivity contribution in [1.82, 2.24) is 25.1 Å². The van der Waals surface area contributed by atoms with Crippen molar-refractivity contribution < 1.29 is 14.3 Å². The Bertz CT molecular complexity index is 1560. The molecular formula is C28H28Cl2N6O3. The van der Waals surface area contributed by atoms with E-state index >= 15 is 0 Å². The van der Waals surface area contributed by atoms with Gasteiger partial charge in [-0.3, -0.25) is 14.9 Å². The Kier molecular flexibility index (Phi) is 6.72. The summed E-state index contributed by atoms with van der Waals surface area (Å²) in [5.74, 6) is 2.26. The highest BCUT2D eigenvalue weighted by atomic mass is 35.5. The molecule has 0 spiro atoms. The number of H-pyrrole nitrogens is 1. The monoisotopic (exact) mass is 566 g/mol. The number of fused-ring (bicyclic) bond motifs is 2. The van der Waals surface area contributed by atoms with Gasteiger partial charge in [0.05, 0.1) is 28.4 Å². The third-order valence-corrected chi connectivity index (χ3v) is 8.36. The van der Waals surface area contributed by atoms with Gasteiger partial charge in [-0.15, -0.1) is 0 Å². The van der Waals surface area contributed by atoms with Crippen LogP contribution in [0.25, 0.3) is 22.2 Å². The van der Waals surface area contributed by atoms with Crippen LogP contribution in [0, 0.1) is 6.92 Å². The minimum Gasteiger partial charge on any atom is -0.493 e. The number of carbonyl (C=O) groups is 1. The second-order valence-electron chi connectivity index (χ2n) is 9.93. The number of rotatable bonds is 6. The molecule has 2 saturated heterocycles. The van der Waals surface area contributed by atoms with Gasteiger partial charge in [-0.05, 0) is 38.5 Å². The number of methoxy groups -OCH3 is 1. The fraction of sp³-hybridized carbons (Fsp3) is 0.357. The van der Waals surface area contributed by atoms with E-state index in [0.717, 1.165) is 54.0 Å². The van der Waals surface area contributed by atoms with Gasteiger partial charge in [0, 0.05) is 67.1 Å². The second kappa shape index (κ2) is 10.2. The maximum atomic E-state index is 12.0. The van der Waals surface area contributed by atoms with Crippen LogP contribution in [-0.4, -0.2) is 63.8 Å². The Labute approximate surface area is 236 Å². The van der Waals surface area contributed by atoms with Crippen molar-refractivity contribution >= 4 is 45.8 Å². The summed E-state index contributed by atoms with van der Waals surface area (Å²) in [6, 6.07) is 8.08. The zero-order valence-electron chi connectivity index (χ0n) is 21.9. The second-order valence-corrected chi connectivity index (χ2v) is 10.7. The van der Waals surface area contributed by atoms with Crippen molar-refractivity contribution in [3.63, 3.8) is 0 Å². The maximum absolute atomic E-state index is 12.0. The molecule has 11 heteroatoms. The maximum Gasteiger partial charge on any atom is 0.223 e. The average Bonchev–Trinajstić information content (AvgIpc) is 3.53. The number of hydrogen-bond acceptors (Lipinski definition) is 7. The molecule has 2 aliphatic rings. The largest absolute Gasteiger partial charge is 0.493 e. The molecule has 5 heterocycles. The number of carbonyl (C=O) groups excluding carboxylic acids is 1. The van der Waals surface area contributed by atoms with Crippen LogP contribution >= 0.6 is 23.2 Å². The number of aryl methyl sites for hydroxylation is 1. The molecule has 6 rings (SSSR count). The van der Waals surface area contributed by atoms with E-state index in [1.807, 2.05) is 49.2 Å². The molecule has 1 N–H and O–H groups in total. The molecule has 0 bridgehead atoms. The standard InChI is InChI=1S/C28H28Cl2N6O3/c1-15-27(30)26(20(29)13-31-15)16(2)39-23-10-19-21(11-22(23)38-3)33-34-28(19)17-4-6-24(32-12-17)35-8-9-36-18(14-35)5-7-25(36)37/h4,6,10-13,16,18H,5,7-9,14H2,1-3H3,(H,33,34)/t16-,18?/m1/s1. The lowest BCUT2D eigenvalue weighted by atomic mass is 10.1. The normalized spacial score (nSPS) is 18.0. The summed E-state index contributed by atoms with van der Waals surface area (Å²) in [6.45, 7) is 6.05. The summed E-state index contributed by atoms with van der Waals surface area (Å²) in [6.07, 6.45) is 4.53. The number of halogens is 2. The van der Waals surface area contributed by atoms with Gasteiger partial charge in [0.15, 0.2) is 11.5 Å². The molecule has 39 heavy (non-hydrogen) atoms. The van der Waals surface area contributed by atoms with E-state index in [2.05, 4.69) is 20.1 Å². The molecular weight excluding hydrogens is 539 g/mol. The number of nitrogens with one attached hydrogen (secondary N) is 1. The molecule has 2 atom stereocenters. The number of hydrogen-bond donors (Lipinski definition) is 1. The topological polar surface area (TPSA) is 96.5 Å². The van der Waals surface area contributed by atoms with E-state index in [1.54, 1.807) is 13.3 Å². The van der Waals surface area contributed by atoms with Crippen molar-refractivity contribution in [3.8, 4) is 22.8 Å². The highest BCUT2D eigenvalue weighted by Gasteiger charge is 2.35. The number of benzene rings is 1. The third kappa shape index (κ3) is 4.63. The minimum absolute atomic E-state index is 0.268. The van der Waals surface area contributed by atoms with Gasteiger partial charge < -0.3 is 19.3 Å². The molecule has 4 aromatic rings. The fourth-order valence-electron chi connectivity index (χ4n) is 5.48. The first-order valence-electron chi connectivity index (χ1n) is 12.9. The number of aromatic amines is 1. The van der Waals surface area contributed by atoms with Crippen LogP contribution in [0.2, 0.25) is 10.0 Å². The number of ether oxygens (including phenoxy) is 2. The number of pyridine rings is 2. The van der Waals surface area contributed by atoms with Crippen molar-refractivity contribution in [2.75, 3.05) is 31.6 Å². The summed E-state index contributed by atoms with van der Waals surface area (Å²) in [5, 5.41) is 9.45. The first-order valence-corrected chi connectivity index (χ1v) is 13.6. The van der Waals surface area contributed by atoms with Gasteiger partial charge in [-0.2, -0.15) is 5.10 Å². The lowest BCUT2D eigenvalue weighted by molar-refractivity contribution is -0.129. The van der Waals surface area contributed by atoms with Gasteiger partial charge in [-0.25, -0.2) is 4.98 Å². The highest BCUT2D eigenvalue weighted by Crippen LogP contribution is 2.40. The highest BCUT2D eigenvalue weighted by molar-refractivity contribution is 6.36. The molecule has 1 aromatic carbocycles. The van der Waals surface area contributed by atoms with E-state index in [4.69, 9.17) is 37.7 Å². The summed E-state index contributed by atoms with van der Waals surface area (Å²) in [5.41, 5.74) is 3.79. The number of aromatic nitrogens is 4. The lowest BCUT2D eigenvalue weighted by Crippen LogP contribution is -2.51. The predicted molar refractivity (Wildman–Crippen MR) is 151 cm³/mol. The predicted octanol–water partition coefficient (Wildman–Crippen LogP) is 5.59. The SMILES string of the molecule is COc1cc2[nH]nc(-c3ccc(N4CCN5C(=O)CCC5C4)nc3)c2cc1O[C@H](C)c1c(Cl)cnc(C)c1Cl. The molecule has 0 aliphatic carbocycles. The Morgan fingerprint density at radius 3 is 2.74 bits per heavy atom. The lowest BCUT2D eigenvalue weighted by Gasteiger charge is -2.38. The molecule has 0 saturated carbocycles. The Morgan fingerprint density at radius 2 is 1.97 bits per heavy atom. The number of anilines is 1. The van der Waals surface area contributed by atoms with Crippen LogP contribution in [-0.2, 0) is 4.79 Å². The van der Waals surface area contributed by atoms with Gasteiger partial charge in [0.25, 0.3) is 0 Å². The van der Waals surface area contributed by atoms with Crippen LogP contribution in [0.4, 0.5) is 5.82 Å². The summed E-state index contributed by atoms with van der Waals surface area (Å²) >= 11 is 12.9. The van der Waals surface area contributed by atoms with Crippen molar-refractivity contribution in [1.29, 1.82) is 0 Å². The number of nitrogens with zero attached hydrogens (tertiary/aromatic N) is 5. The van der Waals surface area contributed by atoms with E-state index in [9.17, 15) is 4.79 Å². The molecule has 3 aromatic heterocycles. The fourth-order valence-corrected chi connectivity index (χ4v) is 6.13. The van der Waals surface area contributed by atoms with Crippen LogP contribution < -0.4 is 14.4 Å². The summed E-state index contributed by atoms with van der Waals surface area (Å²) in [7, 11) is 1.59. The van der Waals surface area contributed by atoms with Gasteiger partial charge >= 0.3 is 0 Å². The molecule has 2 fully saturated rings. The van der Waals surface area contributed by atoms with Crippen LogP contribution in [0.5, 0.6) is 11.5 Å². The first-order chi connectivity index (χ1) is 18.8. The minimum atomic E-state index is -0.454. The zero-order valence-corrected chi connectivity index (χ0v) is 23.4. The first kappa shape index (κ1) is 25.7. The Hall–Kier alpha value is -3.56. The van der Waals surface area contributed by atoms with Gasteiger partial charge in [0.2, 0.25) is 5.91 Å². The van der Waals surface area contributed by atoms with Crippen molar-refractivity contribution in [2.24, 2.45) is 0 Å². The summed E-state index contributed by atoms with van der Waals surface area (Å²) < 4.78 is 11.9. The third-order valence-electron chi connectivity index (χ3n) is 7.58. The van der Waals surface area contributed by atoms with Crippen LogP contribution in [0.15, 0.2) is 36.7 Å².